The smallest absolute Gasteiger partial charge is 0.233 e. The number of carbonyl (C=O) groups excluding carboxylic acids is 1. The van der Waals surface area contributed by atoms with Gasteiger partial charge in [-0.3, -0.25) is 4.79 Å². The molecule has 1 amide bonds. The number of nitrogens with zero attached hydrogens (tertiary/aromatic N) is 1. The minimum Gasteiger partial charge on any atom is -0.388 e. The van der Waals surface area contributed by atoms with Crippen LogP contribution in [0.1, 0.15) is 36.1 Å². The first-order valence-electron chi connectivity index (χ1n) is 11.9. The maximum Gasteiger partial charge on any atom is 0.233 e. The van der Waals surface area contributed by atoms with E-state index < -0.39 is 41.3 Å². The second-order valence-electron chi connectivity index (χ2n) is 9.08. The van der Waals surface area contributed by atoms with Crippen LogP contribution in [0.5, 0.6) is 0 Å². The molecule has 5 rings (SSSR count). The van der Waals surface area contributed by atoms with Gasteiger partial charge in [0.25, 0.3) is 0 Å². The van der Waals surface area contributed by atoms with Gasteiger partial charge in [-0.1, -0.05) is 54.6 Å². The first kappa shape index (κ1) is 24.7. The van der Waals surface area contributed by atoms with Crippen LogP contribution >= 0.6 is 0 Å². The van der Waals surface area contributed by atoms with Gasteiger partial charge in [-0.25, -0.2) is 17.6 Å². The van der Waals surface area contributed by atoms with Gasteiger partial charge in [-0.15, -0.1) is 0 Å². The number of halogens is 4. The van der Waals surface area contributed by atoms with Gasteiger partial charge in [0.2, 0.25) is 5.91 Å². The molecule has 1 saturated heterocycles. The summed E-state index contributed by atoms with van der Waals surface area (Å²) >= 11 is 0. The molecule has 0 aromatic heterocycles. The number of rotatable bonds is 7. The number of β-lactam (4-membered cyclic amide) rings is 1. The van der Waals surface area contributed by atoms with Crippen LogP contribution < -0.4 is 4.90 Å². The second-order valence-corrected chi connectivity index (χ2v) is 9.08. The average molecular weight is 506 g/mol. The molecule has 4 aromatic carbocycles. The van der Waals surface area contributed by atoms with E-state index in [1.54, 1.807) is 30.3 Å². The maximum atomic E-state index is 15.5. The Hall–Kier alpha value is -3.97. The van der Waals surface area contributed by atoms with E-state index in [9.17, 15) is 18.7 Å². The Morgan fingerprint density at radius 3 is 2.03 bits per heavy atom. The fourth-order valence-corrected chi connectivity index (χ4v) is 4.90. The van der Waals surface area contributed by atoms with Gasteiger partial charge in [0.15, 0.2) is 11.6 Å². The number of benzene rings is 4. The van der Waals surface area contributed by atoms with Crippen LogP contribution in [-0.4, -0.2) is 11.0 Å². The van der Waals surface area contributed by atoms with Crippen LogP contribution in [0.3, 0.4) is 0 Å². The quantitative estimate of drug-likeness (QED) is 0.214. The van der Waals surface area contributed by atoms with Crippen LogP contribution in [-0.2, 0) is 4.79 Å². The molecular weight excluding hydrogens is 482 g/mol. The van der Waals surface area contributed by atoms with Crippen molar-refractivity contribution in [3.05, 3.63) is 125 Å². The van der Waals surface area contributed by atoms with Crippen molar-refractivity contribution in [1.82, 2.24) is 0 Å². The molecule has 0 radical (unpaired) electrons. The molecule has 1 N–H and O–H groups in total. The van der Waals surface area contributed by atoms with Crippen LogP contribution in [0, 0.1) is 29.2 Å². The van der Waals surface area contributed by atoms with Crippen molar-refractivity contribution in [3.8, 4) is 11.1 Å². The highest BCUT2D eigenvalue weighted by molar-refractivity contribution is 6.03. The summed E-state index contributed by atoms with van der Waals surface area (Å²) in [5.74, 6) is -4.08. The molecule has 0 aliphatic carbocycles. The molecule has 1 heterocycles. The predicted octanol–water partition coefficient (Wildman–Crippen LogP) is 7.13. The summed E-state index contributed by atoms with van der Waals surface area (Å²) in [6.07, 6.45) is -0.626. The van der Waals surface area contributed by atoms with Gasteiger partial charge >= 0.3 is 0 Å². The molecule has 1 aliphatic rings. The lowest BCUT2D eigenvalue weighted by Gasteiger charge is -2.48. The van der Waals surface area contributed by atoms with Crippen molar-refractivity contribution >= 4 is 11.6 Å². The number of aliphatic hydroxyl groups is 1. The molecule has 1 aliphatic heterocycles. The van der Waals surface area contributed by atoms with E-state index >= 15 is 8.78 Å². The van der Waals surface area contributed by atoms with Crippen LogP contribution in [0.15, 0.2) is 91.0 Å². The number of hydrogen-bond acceptors (Lipinski definition) is 2. The van der Waals surface area contributed by atoms with E-state index in [1.807, 2.05) is 0 Å². The van der Waals surface area contributed by atoms with Crippen molar-refractivity contribution < 1.29 is 27.5 Å². The molecule has 3 nitrogen and oxygen atoms in total. The third kappa shape index (κ3) is 4.74. The number of aliphatic hydroxyl groups excluding tert-OH is 1. The van der Waals surface area contributed by atoms with Crippen LogP contribution in [0.25, 0.3) is 11.1 Å². The first-order valence-corrected chi connectivity index (χ1v) is 11.9. The van der Waals surface area contributed by atoms with Gasteiger partial charge in [0.1, 0.15) is 11.6 Å². The molecule has 0 spiro atoms. The summed E-state index contributed by atoms with van der Waals surface area (Å²) in [5, 5.41) is 10.6. The topological polar surface area (TPSA) is 40.5 Å². The summed E-state index contributed by atoms with van der Waals surface area (Å²) in [6.45, 7) is 0. The molecule has 0 saturated carbocycles. The zero-order valence-corrected chi connectivity index (χ0v) is 19.6. The standard InChI is InChI=1S/C30H23F4NO2/c31-20-8-6-19(7-9-20)26(36)17-16-25-29(35(30(25)37)22-12-10-21(32)11-13-22)24-15-14-23(27(33)28(24)34)18-4-2-1-3-5-18/h1-15,25-26,29,36H,16-17H2/t25-,26+,29-/m1/s1. The molecule has 37 heavy (non-hydrogen) atoms. The lowest BCUT2D eigenvalue weighted by atomic mass is 9.77. The Balaban J connectivity index is 1.47. The van der Waals surface area contributed by atoms with Crippen molar-refractivity contribution in [3.63, 3.8) is 0 Å². The van der Waals surface area contributed by atoms with E-state index in [2.05, 4.69) is 0 Å². The first-order chi connectivity index (χ1) is 17.8. The third-order valence-corrected chi connectivity index (χ3v) is 6.84. The van der Waals surface area contributed by atoms with Crippen molar-refractivity contribution in [1.29, 1.82) is 0 Å². The number of anilines is 1. The van der Waals surface area contributed by atoms with Gasteiger partial charge in [-0.05, 0) is 60.4 Å². The normalized spacial score (nSPS) is 18.0. The lowest BCUT2D eigenvalue weighted by molar-refractivity contribution is -0.131. The van der Waals surface area contributed by atoms with E-state index in [1.165, 1.54) is 65.6 Å². The zero-order valence-electron chi connectivity index (χ0n) is 19.6. The van der Waals surface area contributed by atoms with E-state index in [4.69, 9.17) is 0 Å². The van der Waals surface area contributed by atoms with E-state index in [-0.39, 0.29) is 29.9 Å². The SMILES string of the molecule is O=C1[C@H](CC[C@H](O)c2ccc(F)cc2)[C@@H](c2ccc(-c3ccccc3)c(F)c2F)N1c1ccc(F)cc1. The summed E-state index contributed by atoms with van der Waals surface area (Å²) in [6, 6.07) is 21.3. The second kappa shape index (κ2) is 10.2. The molecule has 188 valence electrons. The van der Waals surface area contributed by atoms with Crippen LogP contribution in [0.2, 0.25) is 0 Å². The van der Waals surface area contributed by atoms with E-state index in [0.717, 1.165) is 0 Å². The molecule has 3 atom stereocenters. The average Bonchev–Trinajstić information content (AvgIpc) is 2.91. The fourth-order valence-electron chi connectivity index (χ4n) is 4.90. The van der Waals surface area contributed by atoms with Gasteiger partial charge in [-0.2, -0.15) is 0 Å². The molecular formula is C30H23F4NO2. The van der Waals surface area contributed by atoms with Gasteiger partial charge in [0, 0.05) is 16.8 Å². The van der Waals surface area contributed by atoms with Crippen molar-refractivity contribution in [2.24, 2.45) is 5.92 Å². The van der Waals surface area contributed by atoms with Crippen LogP contribution in [0.4, 0.5) is 23.2 Å². The van der Waals surface area contributed by atoms with Gasteiger partial charge in [0.05, 0.1) is 18.1 Å². The van der Waals surface area contributed by atoms with E-state index in [0.29, 0.717) is 16.8 Å². The zero-order chi connectivity index (χ0) is 26.1. The third-order valence-electron chi connectivity index (χ3n) is 6.84. The molecule has 0 unspecified atom stereocenters. The van der Waals surface area contributed by atoms with Crippen molar-refractivity contribution in [2.45, 2.75) is 25.0 Å². The number of carbonyl (C=O) groups is 1. The highest BCUT2D eigenvalue weighted by Gasteiger charge is 2.50. The largest absolute Gasteiger partial charge is 0.388 e. The maximum absolute atomic E-state index is 15.5. The highest BCUT2D eigenvalue weighted by Crippen LogP contribution is 2.47. The monoisotopic (exact) mass is 505 g/mol. The summed E-state index contributed by atoms with van der Waals surface area (Å²) in [4.78, 5) is 14.5. The Morgan fingerprint density at radius 2 is 1.38 bits per heavy atom. The molecule has 7 heteroatoms. The molecule has 4 aromatic rings. The summed E-state index contributed by atoms with van der Waals surface area (Å²) in [5.41, 5.74) is 1.47. The predicted molar refractivity (Wildman–Crippen MR) is 133 cm³/mol. The minimum absolute atomic E-state index is 0.00220. The van der Waals surface area contributed by atoms with Gasteiger partial charge < -0.3 is 10.0 Å². The highest BCUT2D eigenvalue weighted by atomic mass is 19.2. The summed E-state index contributed by atoms with van der Waals surface area (Å²) in [7, 11) is 0. The number of amides is 1. The Labute approximate surface area is 211 Å². The van der Waals surface area contributed by atoms with Crippen molar-refractivity contribution in [2.75, 3.05) is 4.90 Å². The Kier molecular flexibility index (Phi) is 6.80. The lowest BCUT2D eigenvalue weighted by Crippen LogP contribution is -2.55. The Bertz CT molecular complexity index is 1410. The Morgan fingerprint density at radius 1 is 0.757 bits per heavy atom. The fraction of sp³-hybridized carbons (Fsp3) is 0.167. The number of hydrogen-bond donors (Lipinski definition) is 1. The molecule has 0 bridgehead atoms. The minimum atomic E-state index is -1.06. The summed E-state index contributed by atoms with van der Waals surface area (Å²) < 4.78 is 57.5. The molecule has 1 fully saturated rings.